The first kappa shape index (κ1) is 16.6. The van der Waals surface area contributed by atoms with Crippen molar-refractivity contribution in [3.63, 3.8) is 0 Å². The summed E-state index contributed by atoms with van der Waals surface area (Å²) in [4.78, 5) is 34.6. The Bertz CT molecular complexity index is 607. The number of halogens is 2. The highest BCUT2D eigenvalue weighted by Crippen LogP contribution is 2.22. The number of hydrogen-bond donors (Lipinski definition) is 3. The highest BCUT2D eigenvalue weighted by molar-refractivity contribution is 6.42. The summed E-state index contributed by atoms with van der Waals surface area (Å²) in [6.45, 7) is 0.926. The molecule has 2 rings (SSSR count). The topological polar surface area (TPSA) is 87.3 Å². The Morgan fingerprint density at radius 3 is 2.55 bits per heavy atom. The van der Waals surface area contributed by atoms with E-state index in [0.717, 1.165) is 0 Å². The second-order valence-corrected chi connectivity index (χ2v) is 5.70. The minimum absolute atomic E-state index is 0.118. The highest BCUT2D eigenvalue weighted by atomic mass is 35.5. The van der Waals surface area contributed by atoms with E-state index < -0.39 is 0 Å². The van der Waals surface area contributed by atoms with Gasteiger partial charge in [-0.05, 0) is 18.2 Å². The molecule has 0 aliphatic carbocycles. The second kappa shape index (κ2) is 7.47. The van der Waals surface area contributed by atoms with Crippen molar-refractivity contribution in [2.45, 2.75) is 6.42 Å². The zero-order valence-corrected chi connectivity index (χ0v) is 13.1. The molecule has 0 unspecified atom stereocenters. The second-order valence-electron chi connectivity index (χ2n) is 4.88. The molecule has 8 heteroatoms. The van der Waals surface area contributed by atoms with Crippen molar-refractivity contribution in [2.75, 3.05) is 19.6 Å². The molecule has 6 nitrogen and oxygen atoms in total. The van der Waals surface area contributed by atoms with E-state index >= 15 is 0 Å². The summed E-state index contributed by atoms with van der Waals surface area (Å²) in [5.41, 5.74) is 0.395. The molecule has 1 heterocycles. The number of hydrogen-bond acceptors (Lipinski definition) is 3. The highest BCUT2D eigenvalue weighted by Gasteiger charge is 2.27. The molecule has 1 fully saturated rings. The minimum atomic E-state index is -0.335. The van der Waals surface area contributed by atoms with Gasteiger partial charge in [-0.1, -0.05) is 23.2 Å². The smallest absolute Gasteiger partial charge is 0.251 e. The van der Waals surface area contributed by atoms with Crippen LogP contribution in [0.2, 0.25) is 10.0 Å². The number of carbonyl (C=O) groups is 3. The van der Waals surface area contributed by atoms with E-state index in [2.05, 4.69) is 16.0 Å². The van der Waals surface area contributed by atoms with Crippen LogP contribution in [0, 0.1) is 5.92 Å². The number of nitrogens with one attached hydrogen (secondary N) is 3. The molecule has 1 aliphatic rings. The van der Waals surface area contributed by atoms with Crippen molar-refractivity contribution in [1.29, 1.82) is 0 Å². The summed E-state index contributed by atoms with van der Waals surface area (Å²) in [7, 11) is 0. The van der Waals surface area contributed by atoms with Gasteiger partial charge in [0, 0.05) is 31.6 Å². The molecule has 1 atom stereocenters. The molecule has 0 saturated carbocycles. The number of carbonyl (C=O) groups excluding carboxylic acids is 3. The maximum absolute atomic E-state index is 11.9. The van der Waals surface area contributed by atoms with Gasteiger partial charge in [-0.2, -0.15) is 0 Å². The van der Waals surface area contributed by atoms with Gasteiger partial charge in [0.15, 0.2) is 0 Å². The van der Waals surface area contributed by atoms with Crippen molar-refractivity contribution in [3.8, 4) is 0 Å². The van der Waals surface area contributed by atoms with Crippen LogP contribution >= 0.6 is 23.2 Å². The Morgan fingerprint density at radius 2 is 1.91 bits per heavy atom. The molecule has 118 valence electrons. The number of rotatable bonds is 5. The van der Waals surface area contributed by atoms with Crippen LogP contribution in [0.15, 0.2) is 18.2 Å². The average molecular weight is 344 g/mol. The van der Waals surface area contributed by atoms with Gasteiger partial charge in [0.2, 0.25) is 11.8 Å². The van der Waals surface area contributed by atoms with E-state index in [1.54, 1.807) is 12.1 Å². The SMILES string of the molecule is O=C1C[C@@H](C(=O)NCCNC(=O)c2ccc(Cl)c(Cl)c2)CN1. The zero-order valence-electron chi connectivity index (χ0n) is 11.6. The van der Waals surface area contributed by atoms with Crippen LogP contribution in [0.4, 0.5) is 0 Å². The molecule has 0 spiro atoms. The van der Waals surface area contributed by atoms with Crippen LogP contribution in [0.25, 0.3) is 0 Å². The van der Waals surface area contributed by atoms with Crippen LogP contribution in [0.3, 0.4) is 0 Å². The summed E-state index contributed by atoms with van der Waals surface area (Å²) < 4.78 is 0. The van der Waals surface area contributed by atoms with Gasteiger partial charge < -0.3 is 16.0 Å². The van der Waals surface area contributed by atoms with Crippen LogP contribution in [0.5, 0.6) is 0 Å². The molecular formula is C14H15Cl2N3O3. The van der Waals surface area contributed by atoms with Crippen LogP contribution < -0.4 is 16.0 Å². The summed E-state index contributed by atoms with van der Waals surface area (Å²) in [5.74, 6) is -0.945. The predicted octanol–water partition coefficient (Wildman–Crippen LogP) is 0.976. The van der Waals surface area contributed by atoms with Gasteiger partial charge in [-0.15, -0.1) is 0 Å². The van der Waals surface area contributed by atoms with Crippen molar-refractivity contribution >= 4 is 40.9 Å². The van der Waals surface area contributed by atoms with Crippen molar-refractivity contribution in [3.05, 3.63) is 33.8 Å². The fourth-order valence-electron chi connectivity index (χ4n) is 2.04. The first-order chi connectivity index (χ1) is 10.5. The summed E-state index contributed by atoms with van der Waals surface area (Å²) in [5, 5.41) is 8.63. The summed E-state index contributed by atoms with van der Waals surface area (Å²) in [6, 6.07) is 4.59. The average Bonchev–Trinajstić information content (AvgIpc) is 2.92. The van der Waals surface area contributed by atoms with Gasteiger partial charge >= 0.3 is 0 Å². The minimum Gasteiger partial charge on any atom is -0.355 e. The molecule has 0 radical (unpaired) electrons. The Labute approximate surface area is 137 Å². The van der Waals surface area contributed by atoms with E-state index in [4.69, 9.17) is 23.2 Å². The van der Waals surface area contributed by atoms with Gasteiger partial charge in [-0.3, -0.25) is 14.4 Å². The maximum atomic E-state index is 11.9. The zero-order chi connectivity index (χ0) is 16.1. The lowest BCUT2D eigenvalue weighted by atomic mass is 10.1. The Hall–Kier alpha value is -1.79. The first-order valence-electron chi connectivity index (χ1n) is 6.75. The molecule has 3 amide bonds. The van der Waals surface area contributed by atoms with Crippen LogP contribution in [-0.4, -0.2) is 37.4 Å². The van der Waals surface area contributed by atoms with Gasteiger partial charge in [0.05, 0.1) is 16.0 Å². The lowest BCUT2D eigenvalue weighted by molar-refractivity contribution is -0.126. The van der Waals surface area contributed by atoms with E-state index in [0.29, 0.717) is 22.2 Å². The summed E-state index contributed by atoms with van der Waals surface area (Å²) in [6.07, 6.45) is 0.210. The Morgan fingerprint density at radius 1 is 1.18 bits per heavy atom. The Balaban J connectivity index is 1.72. The largest absolute Gasteiger partial charge is 0.355 e. The molecule has 3 N–H and O–H groups in total. The third-order valence-electron chi connectivity index (χ3n) is 3.24. The third kappa shape index (κ3) is 4.35. The van der Waals surface area contributed by atoms with E-state index in [9.17, 15) is 14.4 Å². The van der Waals surface area contributed by atoms with Crippen LogP contribution in [-0.2, 0) is 9.59 Å². The third-order valence-corrected chi connectivity index (χ3v) is 3.98. The molecule has 1 aromatic rings. The van der Waals surface area contributed by atoms with E-state index in [1.807, 2.05) is 0 Å². The lowest BCUT2D eigenvalue weighted by Gasteiger charge is -2.10. The van der Waals surface area contributed by atoms with Crippen molar-refractivity contribution in [1.82, 2.24) is 16.0 Å². The predicted molar refractivity (Wildman–Crippen MR) is 82.9 cm³/mol. The van der Waals surface area contributed by atoms with Gasteiger partial charge in [0.25, 0.3) is 5.91 Å². The fraction of sp³-hybridized carbons (Fsp3) is 0.357. The first-order valence-corrected chi connectivity index (χ1v) is 7.50. The molecule has 1 aliphatic heterocycles. The van der Waals surface area contributed by atoms with Crippen LogP contribution in [0.1, 0.15) is 16.8 Å². The van der Waals surface area contributed by atoms with Gasteiger partial charge in [0.1, 0.15) is 0 Å². The van der Waals surface area contributed by atoms with E-state index in [1.165, 1.54) is 6.07 Å². The lowest BCUT2D eigenvalue weighted by Crippen LogP contribution is -2.38. The van der Waals surface area contributed by atoms with Crippen molar-refractivity contribution < 1.29 is 14.4 Å². The number of benzene rings is 1. The van der Waals surface area contributed by atoms with Crippen molar-refractivity contribution in [2.24, 2.45) is 5.92 Å². The quantitative estimate of drug-likeness (QED) is 0.696. The summed E-state index contributed by atoms with van der Waals surface area (Å²) >= 11 is 11.6. The Kier molecular flexibility index (Phi) is 5.63. The molecule has 1 saturated heterocycles. The van der Waals surface area contributed by atoms with E-state index in [-0.39, 0.29) is 43.1 Å². The molecule has 1 aromatic carbocycles. The molecular weight excluding hydrogens is 329 g/mol. The molecule has 0 bridgehead atoms. The molecule has 22 heavy (non-hydrogen) atoms. The maximum Gasteiger partial charge on any atom is 0.251 e. The monoisotopic (exact) mass is 343 g/mol. The fourth-order valence-corrected chi connectivity index (χ4v) is 2.33. The standard InChI is InChI=1S/C14H15Cl2N3O3/c15-10-2-1-8(5-11(10)16)13(21)17-3-4-18-14(22)9-6-12(20)19-7-9/h1-2,5,9H,3-4,6-7H2,(H,17,21)(H,18,22)(H,19,20)/t9-/m1/s1. The number of amides is 3. The normalized spacial score (nSPS) is 17.0. The van der Waals surface area contributed by atoms with Gasteiger partial charge in [-0.25, -0.2) is 0 Å². The molecule has 0 aromatic heterocycles.